The Morgan fingerprint density at radius 3 is 2.26 bits per heavy atom. The lowest BCUT2D eigenvalue weighted by molar-refractivity contribution is -0.140. The second kappa shape index (κ2) is 13.6. The molecule has 7 nitrogen and oxygen atoms in total. The molecule has 0 saturated carbocycles. The van der Waals surface area contributed by atoms with Crippen LogP contribution in [0.2, 0.25) is 5.02 Å². The Morgan fingerprint density at radius 2 is 1.64 bits per heavy atom. The van der Waals surface area contributed by atoms with Crippen molar-refractivity contribution in [3.05, 3.63) is 101 Å². The third-order valence-electron chi connectivity index (χ3n) is 6.03. The summed E-state index contributed by atoms with van der Waals surface area (Å²) in [6.07, 6.45) is 1.14. The van der Waals surface area contributed by atoms with E-state index in [1.165, 1.54) is 23.1 Å². The molecule has 1 atom stereocenters. The van der Waals surface area contributed by atoms with Crippen molar-refractivity contribution >= 4 is 39.1 Å². The zero-order valence-corrected chi connectivity index (χ0v) is 23.8. The van der Waals surface area contributed by atoms with E-state index in [9.17, 15) is 22.4 Å². The first kappa shape index (κ1) is 30.1. The minimum Gasteiger partial charge on any atom is -0.354 e. The fraction of sp³-hybridized carbons (Fsp3) is 0.310. The Morgan fingerprint density at radius 1 is 0.974 bits per heavy atom. The fourth-order valence-corrected chi connectivity index (χ4v) is 5.07. The van der Waals surface area contributed by atoms with E-state index in [2.05, 4.69) is 5.32 Å². The van der Waals surface area contributed by atoms with Gasteiger partial charge in [0.25, 0.3) is 0 Å². The molecular formula is C29H33ClFN3O4S. The number of anilines is 1. The molecule has 2 amide bonds. The lowest BCUT2D eigenvalue weighted by Crippen LogP contribution is -2.53. The van der Waals surface area contributed by atoms with Gasteiger partial charge in [0.1, 0.15) is 18.4 Å². The van der Waals surface area contributed by atoms with Crippen LogP contribution in [0.25, 0.3) is 0 Å². The van der Waals surface area contributed by atoms with E-state index in [0.29, 0.717) is 17.1 Å². The summed E-state index contributed by atoms with van der Waals surface area (Å²) in [4.78, 5) is 28.9. The van der Waals surface area contributed by atoms with Gasteiger partial charge in [0.15, 0.2) is 0 Å². The van der Waals surface area contributed by atoms with Crippen molar-refractivity contribution in [2.45, 2.75) is 32.9 Å². The molecule has 0 saturated heterocycles. The monoisotopic (exact) mass is 573 g/mol. The van der Waals surface area contributed by atoms with Gasteiger partial charge in [-0.05, 0) is 41.3 Å². The maximum atomic E-state index is 14.0. The highest BCUT2D eigenvalue weighted by atomic mass is 35.5. The van der Waals surface area contributed by atoms with Gasteiger partial charge in [0.2, 0.25) is 21.8 Å². The van der Waals surface area contributed by atoms with E-state index in [4.69, 9.17) is 11.6 Å². The molecule has 1 N–H and O–H groups in total. The normalized spacial score (nSPS) is 12.2. The van der Waals surface area contributed by atoms with Crippen molar-refractivity contribution in [1.29, 1.82) is 0 Å². The molecule has 0 radical (unpaired) electrons. The van der Waals surface area contributed by atoms with Crippen molar-refractivity contribution in [3.63, 3.8) is 0 Å². The van der Waals surface area contributed by atoms with E-state index >= 15 is 0 Å². The fourth-order valence-electron chi connectivity index (χ4n) is 4.03. The van der Waals surface area contributed by atoms with Gasteiger partial charge in [-0.2, -0.15) is 0 Å². The molecule has 208 valence electrons. The Bertz CT molecular complexity index is 1390. The first-order chi connectivity index (χ1) is 18.5. The summed E-state index contributed by atoms with van der Waals surface area (Å²) in [6.45, 7) is 3.66. The first-order valence-electron chi connectivity index (χ1n) is 12.5. The van der Waals surface area contributed by atoms with Crippen LogP contribution in [0.15, 0.2) is 78.9 Å². The number of hydrogen-bond donors (Lipinski definition) is 1. The summed E-state index contributed by atoms with van der Waals surface area (Å²) in [5.74, 6) is -1.47. The van der Waals surface area contributed by atoms with Gasteiger partial charge >= 0.3 is 0 Å². The lowest BCUT2D eigenvalue weighted by atomic mass is 10.0. The highest BCUT2D eigenvalue weighted by molar-refractivity contribution is 7.92. The Kier molecular flexibility index (Phi) is 10.5. The second-order valence-corrected chi connectivity index (χ2v) is 12.0. The molecule has 0 aliphatic carbocycles. The van der Waals surface area contributed by atoms with Crippen LogP contribution in [-0.4, -0.2) is 50.5 Å². The number of benzene rings is 3. The predicted octanol–water partition coefficient (Wildman–Crippen LogP) is 4.66. The highest BCUT2D eigenvalue weighted by Crippen LogP contribution is 2.23. The largest absolute Gasteiger partial charge is 0.354 e. The number of carbonyl (C=O) groups is 2. The molecule has 0 aliphatic rings. The molecule has 0 fully saturated rings. The van der Waals surface area contributed by atoms with Crippen molar-refractivity contribution in [2.75, 3.05) is 23.7 Å². The number of halogens is 2. The van der Waals surface area contributed by atoms with Gasteiger partial charge in [0.05, 0.1) is 11.9 Å². The third kappa shape index (κ3) is 8.80. The molecule has 0 aromatic heterocycles. The Hall–Kier alpha value is -3.43. The quantitative estimate of drug-likeness (QED) is 0.341. The van der Waals surface area contributed by atoms with Crippen LogP contribution >= 0.6 is 11.6 Å². The Labute approximate surface area is 234 Å². The van der Waals surface area contributed by atoms with Crippen molar-refractivity contribution in [1.82, 2.24) is 10.2 Å². The SMILES string of the molecule is CC(C)CNC(=O)C(Cc1ccccc1)N(Cc1ccccc1Cl)C(=O)CN(c1cccc(F)c1)S(C)(=O)=O. The van der Waals surface area contributed by atoms with Gasteiger partial charge < -0.3 is 10.2 Å². The molecule has 0 heterocycles. The van der Waals surface area contributed by atoms with Crippen LogP contribution in [0, 0.1) is 11.7 Å². The average Bonchev–Trinajstić information content (AvgIpc) is 2.88. The molecule has 39 heavy (non-hydrogen) atoms. The highest BCUT2D eigenvalue weighted by Gasteiger charge is 2.33. The number of rotatable bonds is 12. The molecular weight excluding hydrogens is 541 g/mol. The lowest BCUT2D eigenvalue weighted by Gasteiger charge is -2.33. The third-order valence-corrected chi connectivity index (χ3v) is 7.54. The summed E-state index contributed by atoms with van der Waals surface area (Å²) in [5, 5.41) is 3.32. The predicted molar refractivity (Wildman–Crippen MR) is 152 cm³/mol. The van der Waals surface area contributed by atoms with E-state index in [0.717, 1.165) is 22.2 Å². The minimum absolute atomic E-state index is 0.00686. The number of nitrogens with one attached hydrogen (secondary N) is 1. The summed E-state index contributed by atoms with van der Waals surface area (Å²) in [6, 6.07) is 20.2. The maximum absolute atomic E-state index is 14.0. The van der Waals surface area contributed by atoms with E-state index in [1.54, 1.807) is 24.3 Å². The van der Waals surface area contributed by atoms with Crippen molar-refractivity contribution < 1.29 is 22.4 Å². The average molecular weight is 574 g/mol. The van der Waals surface area contributed by atoms with Gasteiger partial charge in [-0.25, -0.2) is 12.8 Å². The summed E-state index contributed by atoms with van der Waals surface area (Å²) < 4.78 is 40.3. The van der Waals surface area contributed by atoms with Gasteiger partial charge in [0, 0.05) is 24.5 Å². The number of nitrogens with zero attached hydrogens (tertiary/aromatic N) is 2. The minimum atomic E-state index is -3.98. The van der Waals surface area contributed by atoms with Crippen LogP contribution < -0.4 is 9.62 Å². The van der Waals surface area contributed by atoms with Crippen LogP contribution in [0.4, 0.5) is 10.1 Å². The molecule has 10 heteroatoms. The van der Waals surface area contributed by atoms with Crippen molar-refractivity contribution in [3.8, 4) is 0 Å². The zero-order chi connectivity index (χ0) is 28.6. The van der Waals surface area contributed by atoms with Gasteiger partial charge in [-0.3, -0.25) is 13.9 Å². The molecule has 0 bridgehead atoms. The number of carbonyl (C=O) groups excluding carboxylic acids is 2. The first-order valence-corrected chi connectivity index (χ1v) is 14.8. The molecule has 3 rings (SSSR count). The van der Waals surface area contributed by atoms with Gasteiger partial charge in [-0.1, -0.05) is 80.0 Å². The molecule has 0 aliphatic heterocycles. The maximum Gasteiger partial charge on any atom is 0.244 e. The van der Waals surface area contributed by atoms with Crippen LogP contribution in [0.3, 0.4) is 0 Å². The topological polar surface area (TPSA) is 86.8 Å². The molecule has 0 spiro atoms. The molecule has 3 aromatic carbocycles. The van der Waals surface area contributed by atoms with Crippen LogP contribution in [0.1, 0.15) is 25.0 Å². The van der Waals surface area contributed by atoms with E-state index in [1.807, 2.05) is 44.2 Å². The number of amides is 2. The summed E-state index contributed by atoms with van der Waals surface area (Å²) in [7, 11) is -3.98. The van der Waals surface area contributed by atoms with Crippen LogP contribution in [0.5, 0.6) is 0 Å². The smallest absolute Gasteiger partial charge is 0.244 e. The standard InChI is InChI=1S/C29H33ClFN3O4S/c1-21(2)18-32-29(36)27(16-22-10-5-4-6-11-22)33(19-23-12-7-8-15-26(23)30)28(35)20-34(39(3,37)38)25-14-9-13-24(31)17-25/h4-15,17,21,27H,16,18-20H2,1-3H3,(H,32,36). The van der Waals surface area contributed by atoms with Gasteiger partial charge in [-0.15, -0.1) is 0 Å². The molecule has 3 aromatic rings. The number of sulfonamides is 1. The molecule has 1 unspecified atom stereocenters. The number of hydrogen-bond acceptors (Lipinski definition) is 4. The van der Waals surface area contributed by atoms with Crippen LogP contribution in [-0.2, 0) is 32.6 Å². The zero-order valence-electron chi connectivity index (χ0n) is 22.2. The second-order valence-electron chi connectivity index (χ2n) is 9.71. The Balaban J connectivity index is 2.06. The summed E-state index contributed by atoms with van der Waals surface area (Å²) in [5.41, 5.74) is 1.43. The van der Waals surface area contributed by atoms with Crippen molar-refractivity contribution in [2.24, 2.45) is 5.92 Å². The van der Waals surface area contributed by atoms with E-state index < -0.39 is 34.3 Å². The summed E-state index contributed by atoms with van der Waals surface area (Å²) >= 11 is 6.43. The van der Waals surface area contributed by atoms with E-state index in [-0.39, 0.29) is 30.5 Å².